The van der Waals surface area contributed by atoms with Crippen LogP contribution >= 0.6 is 0 Å². The maximum Gasteiger partial charge on any atom is 0.246 e. The Morgan fingerprint density at radius 2 is 2.12 bits per heavy atom. The minimum atomic E-state index is -0.0396. The Morgan fingerprint density at radius 1 is 1.28 bits per heavy atom. The summed E-state index contributed by atoms with van der Waals surface area (Å²) in [6.07, 6.45) is 4.14. The smallest absolute Gasteiger partial charge is 0.246 e. The van der Waals surface area contributed by atoms with Crippen LogP contribution in [0.1, 0.15) is 24.5 Å². The maximum atomic E-state index is 12.4. The summed E-state index contributed by atoms with van der Waals surface area (Å²) in [6, 6.07) is 9.23. The summed E-state index contributed by atoms with van der Waals surface area (Å²) in [5.41, 5.74) is 1.41. The second-order valence-electron chi connectivity index (χ2n) is 5.98. The van der Waals surface area contributed by atoms with Gasteiger partial charge in [0.15, 0.2) is 0 Å². The number of rotatable bonds is 5. The molecule has 0 bridgehead atoms. The second kappa shape index (κ2) is 9.60. The number of nitrogens with one attached hydrogen (secondary N) is 1. The summed E-state index contributed by atoms with van der Waals surface area (Å²) in [6.45, 7) is 5.73. The molecule has 1 aliphatic rings. The molecular weight excluding hydrogens is 316 g/mol. The highest BCUT2D eigenvalue weighted by Gasteiger charge is 2.18. The van der Waals surface area contributed by atoms with Gasteiger partial charge in [-0.25, -0.2) is 0 Å². The van der Waals surface area contributed by atoms with E-state index in [1.165, 1.54) is 0 Å². The van der Waals surface area contributed by atoms with Crippen molar-refractivity contribution in [3.8, 4) is 6.07 Å². The van der Waals surface area contributed by atoms with E-state index in [1.54, 1.807) is 30.4 Å². The van der Waals surface area contributed by atoms with Crippen LogP contribution in [0.4, 0.5) is 0 Å². The molecule has 132 valence electrons. The van der Waals surface area contributed by atoms with Gasteiger partial charge in [-0.3, -0.25) is 14.5 Å². The van der Waals surface area contributed by atoms with Gasteiger partial charge in [-0.2, -0.15) is 5.26 Å². The molecule has 6 heteroatoms. The first-order chi connectivity index (χ1) is 12.1. The molecule has 1 aromatic rings. The predicted molar refractivity (Wildman–Crippen MR) is 96.5 cm³/mol. The zero-order valence-electron chi connectivity index (χ0n) is 14.6. The first-order valence-corrected chi connectivity index (χ1v) is 8.58. The van der Waals surface area contributed by atoms with E-state index in [1.807, 2.05) is 17.9 Å². The Labute approximate surface area is 148 Å². The summed E-state index contributed by atoms with van der Waals surface area (Å²) < 4.78 is 0. The van der Waals surface area contributed by atoms with Crippen molar-refractivity contribution in [3.05, 3.63) is 41.5 Å². The molecule has 0 aromatic heterocycles. The molecule has 1 N–H and O–H groups in total. The van der Waals surface area contributed by atoms with E-state index in [0.717, 1.165) is 18.5 Å². The highest BCUT2D eigenvalue weighted by Crippen LogP contribution is 2.08. The third kappa shape index (κ3) is 6.05. The van der Waals surface area contributed by atoms with E-state index < -0.39 is 0 Å². The van der Waals surface area contributed by atoms with E-state index in [2.05, 4.69) is 16.3 Å². The Kier molecular flexibility index (Phi) is 7.17. The number of likely N-dealkylation sites (N-methyl/N-ethyl adjacent to an activating group) is 1. The first-order valence-electron chi connectivity index (χ1n) is 8.58. The first kappa shape index (κ1) is 18.7. The lowest BCUT2D eigenvalue weighted by Crippen LogP contribution is -2.39. The van der Waals surface area contributed by atoms with Crippen molar-refractivity contribution in [3.63, 3.8) is 0 Å². The summed E-state index contributed by atoms with van der Waals surface area (Å²) in [4.78, 5) is 28.0. The number of nitrogens with zero attached hydrogens (tertiary/aromatic N) is 3. The number of benzene rings is 1. The average Bonchev–Trinajstić information content (AvgIpc) is 2.85. The van der Waals surface area contributed by atoms with Crippen LogP contribution in [0.25, 0.3) is 6.08 Å². The molecule has 1 fully saturated rings. The Hall–Kier alpha value is -2.65. The fourth-order valence-electron chi connectivity index (χ4n) is 2.79. The minimum absolute atomic E-state index is 0.0274. The molecule has 0 atom stereocenters. The summed E-state index contributed by atoms with van der Waals surface area (Å²) in [7, 11) is 0. The van der Waals surface area contributed by atoms with Crippen LogP contribution < -0.4 is 5.32 Å². The molecule has 25 heavy (non-hydrogen) atoms. The molecule has 1 aromatic carbocycles. The molecular formula is C19H24N4O2. The van der Waals surface area contributed by atoms with Gasteiger partial charge >= 0.3 is 0 Å². The van der Waals surface area contributed by atoms with Crippen molar-refractivity contribution in [2.45, 2.75) is 13.3 Å². The predicted octanol–water partition coefficient (Wildman–Crippen LogP) is 1.24. The Morgan fingerprint density at radius 3 is 2.88 bits per heavy atom. The highest BCUT2D eigenvalue weighted by atomic mass is 16.2. The monoisotopic (exact) mass is 340 g/mol. The van der Waals surface area contributed by atoms with E-state index in [4.69, 9.17) is 5.26 Å². The van der Waals surface area contributed by atoms with Crippen molar-refractivity contribution in [1.29, 1.82) is 5.26 Å². The standard InChI is InChI=1S/C19H24N4O2/c1-2-21-18(24)15-22-9-4-10-23(12-11-22)19(25)8-7-16-5-3-6-17(13-16)14-20/h3,5-8,13H,2,4,9-12,15H2,1H3,(H,21,24)/b8-7+. The topological polar surface area (TPSA) is 76.4 Å². The van der Waals surface area contributed by atoms with Gasteiger partial charge in [0.1, 0.15) is 0 Å². The van der Waals surface area contributed by atoms with Gasteiger partial charge in [0, 0.05) is 38.8 Å². The molecule has 2 rings (SSSR count). The lowest BCUT2D eigenvalue weighted by atomic mass is 10.1. The third-order valence-electron chi connectivity index (χ3n) is 4.08. The molecule has 6 nitrogen and oxygen atoms in total. The number of nitriles is 1. The van der Waals surface area contributed by atoms with Crippen LogP contribution in [0.2, 0.25) is 0 Å². The van der Waals surface area contributed by atoms with Gasteiger partial charge in [-0.1, -0.05) is 12.1 Å². The fraction of sp³-hybridized carbons (Fsp3) is 0.421. The molecule has 0 unspecified atom stereocenters. The molecule has 0 aliphatic carbocycles. The van der Waals surface area contributed by atoms with Gasteiger partial charge in [-0.15, -0.1) is 0 Å². The summed E-state index contributed by atoms with van der Waals surface area (Å²) in [5.74, 6) is -0.0123. The van der Waals surface area contributed by atoms with E-state index in [0.29, 0.717) is 38.3 Å². The molecule has 2 amide bonds. The lowest BCUT2D eigenvalue weighted by molar-refractivity contribution is -0.125. The molecule has 1 saturated heterocycles. The largest absolute Gasteiger partial charge is 0.355 e. The Balaban J connectivity index is 1.89. The van der Waals surface area contributed by atoms with Crippen molar-refractivity contribution >= 4 is 17.9 Å². The fourth-order valence-corrected chi connectivity index (χ4v) is 2.79. The van der Waals surface area contributed by atoms with E-state index in [-0.39, 0.29) is 11.8 Å². The van der Waals surface area contributed by atoms with Crippen LogP contribution in [-0.2, 0) is 9.59 Å². The zero-order chi connectivity index (χ0) is 18.1. The summed E-state index contributed by atoms with van der Waals surface area (Å²) >= 11 is 0. The highest BCUT2D eigenvalue weighted by molar-refractivity contribution is 5.91. The summed E-state index contributed by atoms with van der Waals surface area (Å²) in [5, 5.41) is 11.7. The van der Waals surface area contributed by atoms with Crippen molar-refractivity contribution in [1.82, 2.24) is 15.1 Å². The quantitative estimate of drug-likeness (QED) is 0.818. The van der Waals surface area contributed by atoms with Crippen LogP contribution in [0.5, 0.6) is 0 Å². The third-order valence-corrected chi connectivity index (χ3v) is 4.08. The number of carbonyl (C=O) groups is 2. The molecule has 0 saturated carbocycles. The van der Waals surface area contributed by atoms with Gasteiger partial charge in [-0.05, 0) is 37.1 Å². The second-order valence-corrected chi connectivity index (χ2v) is 5.98. The Bertz CT molecular complexity index is 678. The van der Waals surface area contributed by atoms with Crippen molar-refractivity contribution in [2.24, 2.45) is 0 Å². The van der Waals surface area contributed by atoms with E-state index >= 15 is 0 Å². The van der Waals surface area contributed by atoms with Gasteiger partial charge in [0.05, 0.1) is 18.2 Å². The molecule has 0 radical (unpaired) electrons. The molecule has 0 spiro atoms. The lowest BCUT2D eigenvalue weighted by Gasteiger charge is -2.20. The van der Waals surface area contributed by atoms with Crippen LogP contribution in [0.3, 0.4) is 0 Å². The molecule has 1 heterocycles. The number of hydrogen-bond donors (Lipinski definition) is 1. The van der Waals surface area contributed by atoms with E-state index in [9.17, 15) is 9.59 Å². The van der Waals surface area contributed by atoms with Crippen molar-refractivity contribution < 1.29 is 9.59 Å². The number of amides is 2. The number of hydrogen-bond acceptors (Lipinski definition) is 4. The van der Waals surface area contributed by atoms with Gasteiger partial charge in [0.25, 0.3) is 0 Å². The average molecular weight is 340 g/mol. The van der Waals surface area contributed by atoms with Gasteiger partial charge < -0.3 is 10.2 Å². The van der Waals surface area contributed by atoms with Crippen LogP contribution in [-0.4, -0.2) is 60.9 Å². The van der Waals surface area contributed by atoms with Crippen molar-refractivity contribution in [2.75, 3.05) is 39.3 Å². The zero-order valence-corrected chi connectivity index (χ0v) is 14.6. The van der Waals surface area contributed by atoms with Crippen LogP contribution in [0, 0.1) is 11.3 Å². The normalized spacial score (nSPS) is 15.6. The number of carbonyl (C=O) groups excluding carboxylic acids is 2. The van der Waals surface area contributed by atoms with Crippen LogP contribution in [0.15, 0.2) is 30.3 Å². The SMILES string of the molecule is CCNC(=O)CN1CCCN(C(=O)/C=C/c2cccc(C#N)c2)CC1. The molecule has 1 aliphatic heterocycles. The minimum Gasteiger partial charge on any atom is -0.355 e. The van der Waals surface area contributed by atoms with Gasteiger partial charge in [0.2, 0.25) is 11.8 Å². The maximum absolute atomic E-state index is 12.4.